The molecule has 1 N–H and O–H groups in total. The Kier molecular flexibility index (Phi) is 3.70. The SMILES string of the molecule is CNC(Cc1cccc2ccccc12)c1ncccn1. The Morgan fingerprint density at radius 1 is 0.950 bits per heavy atom. The molecule has 0 saturated heterocycles. The summed E-state index contributed by atoms with van der Waals surface area (Å²) in [4.78, 5) is 8.71. The summed E-state index contributed by atoms with van der Waals surface area (Å²) in [6.45, 7) is 0. The Morgan fingerprint density at radius 2 is 1.70 bits per heavy atom. The molecule has 0 bridgehead atoms. The van der Waals surface area contributed by atoms with Crippen LogP contribution in [0.3, 0.4) is 0 Å². The van der Waals surface area contributed by atoms with Crippen molar-refractivity contribution in [1.29, 1.82) is 0 Å². The summed E-state index contributed by atoms with van der Waals surface area (Å²) in [6, 6.07) is 16.9. The predicted octanol–water partition coefficient (Wildman–Crippen LogP) is 3.13. The van der Waals surface area contributed by atoms with Gasteiger partial charge >= 0.3 is 0 Å². The first kappa shape index (κ1) is 12.8. The van der Waals surface area contributed by atoms with Crippen LogP contribution in [0.5, 0.6) is 0 Å². The number of aromatic nitrogens is 2. The summed E-state index contributed by atoms with van der Waals surface area (Å²) in [6.07, 6.45) is 4.45. The van der Waals surface area contributed by atoms with E-state index in [1.807, 2.05) is 13.1 Å². The molecule has 0 aliphatic carbocycles. The van der Waals surface area contributed by atoms with Crippen LogP contribution in [0.15, 0.2) is 60.9 Å². The lowest BCUT2D eigenvalue weighted by atomic mass is 9.98. The molecule has 0 saturated carbocycles. The molecule has 1 aromatic heterocycles. The smallest absolute Gasteiger partial charge is 0.145 e. The van der Waals surface area contributed by atoms with Gasteiger partial charge in [0.25, 0.3) is 0 Å². The third kappa shape index (κ3) is 2.53. The summed E-state index contributed by atoms with van der Waals surface area (Å²) >= 11 is 0. The number of fused-ring (bicyclic) bond motifs is 1. The van der Waals surface area contributed by atoms with Gasteiger partial charge in [-0.3, -0.25) is 0 Å². The van der Waals surface area contributed by atoms with Crippen molar-refractivity contribution in [3.05, 3.63) is 72.3 Å². The van der Waals surface area contributed by atoms with Crippen LogP contribution in [0.25, 0.3) is 10.8 Å². The Labute approximate surface area is 118 Å². The minimum absolute atomic E-state index is 0.127. The van der Waals surface area contributed by atoms with Crippen molar-refractivity contribution in [2.75, 3.05) is 7.05 Å². The van der Waals surface area contributed by atoms with Crippen LogP contribution in [0.2, 0.25) is 0 Å². The van der Waals surface area contributed by atoms with E-state index in [9.17, 15) is 0 Å². The lowest BCUT2D eigenvalue weighted by molar-refractivity contribution is 0.559. The number of hydrogen-bond acceptors (Lipinski definition) is 3. The van der Waals surface area contributed by atoms with Crippen LogP contribution in [0, 0.1) is 0 Å². The van der Waals surface area contributed by atoms with Gasteiger partial charge in [-0.15, -0.1) is 0 Å². The number of nitrogens with zero attached hydrogens (tertiary/aromatic N) is 2. The molecule has 2 aromatic carbocycles. The summed E-state index contributed by atoms with van der Waals surface area (Å²) in [5.41, 5.74) is 1.31. The third-order valence-electron chi connectivity index (χ3n) is 3.55. The van der Waals surface area contributed by atoms with E-state index in [2.05, 4.69) is 57.7 Å². The van der Waals surface area contributed by atoms with E-state index < -0.39 is 0 Å². The lowest BCUT2D eigenvalue weighted by Gasteiger charge is -2.16. The molecule has 0 amide bonds. The van der Waals surface area contributed by atoms with E-state index in [0.29, 0.717) is 0 Å². The minimum Gasteiger partial charge on any atom is -0.310 e. The van der Waals surface area contributed by atoms with E-state index in [4.69, 9.17) is 0 Å². The number of likely N-dealkylation sites (N-methyl/N-ethyl adjacent to an activating group) is 1. The fourth-order valence-electron chi connectivity index (χ4n) is 2.50. The minimum atomic E-state index is 0.127. The first-order chi connectivity index (χ1) is 9.88. The van der Waals surface area contributed by atoms with Gasteiger partial charge in [0.15, 0.2) is 0 Å². The quantitative estimate of drug-likeness (QED) is 0.786. The van der Waals surface area contributed by atoms with Crippen molar-refractivity contribution >= 4 is 10.8 Å². The van der Waals surface area contributed by atoms with Crippen molar-refractivity contribution < 1.29 is 0 Å². The second-order valence-corrected chi connectivity index (χ2v) is 4.79. The maximum Gasteiger partial charge on any atom is 0.145 e. The molecule has 1 atom stereocenters. The van der Waals surface area contributed by atoms with E-state index in [-0.39, 0.29) is 6.04 Å². The molecule has 0 fully saturated rings. The maximum atomic E-state index is 4.35. The second kappa shape index (κ2) is 5.80. The van der Waals surface area contributed by atoms with Gasteiger partial charge in [0.1, 0.15) is 5.82 Å². The standard InChI is InChI=1S/C17H17N3/c1-18-16(17-19-10-5-11-20-17)12-14-8-4-7-13-6-2-3-9-15(13)14/h2-11,16,18H,12H2,1H3. The van der Waals surface area contributed by atoms with E-state index >= 15 is 0 Å². The van der Waals surface area contributed by atoms with Gasteiger partial charge < -0.3 is 5.32 Å². The normalized spacial score (nSPS) is 12.4. The highest BCUT2D eigenvalue weighted by Crippen LogP contribution is 2.23. The molecule has 3 nitrogen and oxygen atoms in total. The van der Waals surface area contributed by atoms with Crippen LogP contribution in [-0.2, 0) is 6.42 Å². The average molecular weight is 263 g/mol. The summed E-state index contributed by atoms with van der Waals surface area (Å²) in [7, 11) is 1.95. The molecular formula is C17H17N3. The van der Waals surface area contributed by atoms with Crippen molar-refractivity contribution in [2.45, 2.75) is 12.5 Å². The molecule has 100 valence electrons. The van der Waals surface area contributed by atoms with Gasteiger partial charge in [-0.2, -0.15) is 0 Å². The molecule has 3 heteroatoms. The van der Waals surface area contributed by atoms with Crippen molar-refractivity contribution in [3.63, 3.8) is 0 Å². The highest BCUT2D eigenvalue weighted by Gasteiger charge is 2.13. The van der Waals surface area contributed by atoms with Crippen LogP contribution >= 0.6 is 0 Å². The van der Waals surface area contributed by atoms with Gasteiger partial charge in [0, 0.05) is 12.4 Å². The van der Waals surface area contributed by atoms with Crippen molar-refractivity contribution in [1.82, 2.24) is 15.3 Å². The van der Waals surface area contributed by atoms with Crippen LogP contribution in [0.1, 0.15) is 17.4 Å². The number of rotatable bonds is 4. The molecule has 1 unspecified atom stereocenters. The fraction of sp³-hybridized carbons (Fsp3) is 0.176. The van der Waals surface area contributed by atoms with E-state index in [0.717, 1.165) is 12.2 Å². The highest BCUT2D eigenvalue weighted by molar-refractivity contribution is 5.85. The molecule has 0 radical (unpaired) electrons. The van der Waals surface area contributed by atoms with E-state index in [1.54, 1.807) is 12.4 Å². The van der Waals surface area contributed by atoms with E-state index in [1.165, 1.54) is 16.3 Å². The predicted molar refractivity (Wildman–Crippen MR) is 81.5 cm³/mol. The topological polar surface area (TPSA) is 37.8 Å². The summed E-state index contributed by atoms with van der Waals surface area (Å²) < 4.78 is 0. The Bertz CT molecular complexity index is 689. The first-order valence-electron chi connectivity index (χ1n) is 6.79. The monoisotopic (exact) mass is 263 g/mol. The Balaban J connectivity index is 1.96. The molecule has 20 heavy (non-hydrogen) atoms. The first-order valence-corrected chi connectivity index (χ1v) is 6.79. The largest absolute Gasteiger partial charge is 0.310 e. The Hall–Kier alpha value is -2.26. The number of hydrogen-bond donors (Lipinski definition) is 1. The van der Waals surface area contributed by atoms with Gasteiger partial charge in [0.05, 0.1) is 6.04 Å². The Morgan fingerprint density at radius 3 is 2.50 bits per heavy atom. The molecule has 3 rings (SSSR count). The van der Waals surface area contributed by atoms with Crippen LogP contribution < -0.4 is 5.32 Å². The number of nitrogens with one attached hydrogen (secondary N) is 1. The van der Waals surface area contributed by atoms with Gasteiger partial charge in [-0.1, -0.05) is 42.5 Å². The molecule has 3 aromatic rings. The zero-order valence-electron chi connectivity index (χ0n) is 11.5. The molecule has 0 spiro atoms. The van der Waals surface area contributed by atoms with Crippen molar-refractivity contribution in [2.24, 2.45) is 0 Å². The zero-order valence-corrected chi connectivity index (χ0v) is 11.5. The summed E-state index contributed by atoms with van der Waals surface area (Å²) in [5.74, 6) is 0.836. The fourth-order valence-corrected chi connectivity index (χ4v) is 2.50. The van der Waals surface area contributed by atoms with Gasteiger partial charge in [0.2, 0.25) is 0 Å². The molecular weight excluding hydrogens is 246 g/mol. The zero-order chi connectivity index (χ0) is 13.8. The molecule has 1 heterocycles. The van der Waals surface area contributed by atoms with Crippen LogP contribution in [0.4, 0.5) is 0 Å². The van der Waals surface area contributed by atoms with Gasteiger partial charge in [-0.25, -0.2) is 9.97 Å². The molecule has 0 aliphatic heterocycles. The second-order valence-electron chi connectivity index (χ2n) is 4.79. The summed E-state index contributed by atoms with van der Waals surface area (Å²) in [5, 5.41) is 5.88. The lowest BCUT2D eigenvalue weighted by Crippen LogP contribution is -2.21. The van der Waals surface area contributed by atoms with Crippen LogP contribution in [-0.4, -0.2) is 17.0 Å². The average Bonchev–Trinajstić information content (AvgIpc) is 2.53. The van der Waals surface area contributed by atoms with Crippen molar-refractivity contribution in [3.8, 4) is 0 Å². The highest BCUT2D eigenvalue weighted by atomic mass is 15.0. The maximum absolute atomic E-state index is 4.35. The van der Waals surface area contributed by atoms with Gasteiger partial charge in [-0.05, 0) is 35.9 Å². The third-order valence-corrected chi connectivity index (χ3v) is 3.55. The number of benzene rings is 2. The molecule has 0 aliphatic rings.